The van der Waals surface area contributed by atoms with Crippen molar-refractivity contribution < 1.29 is 23.1 Å². The highest BCUT2D eigenvalue weighted by molar-refractivity contribution is 7.89. The number of carbonyl (C=O) groups is 2. The van der Waals surface area contributed by atoms with Crippen LogP contribution in [0.25, 0.3) is 0 Å². The van der Waals surface area contributed by atoms with Crippen LogP contribution in [0.4, 0.5) is 4.79 Å². The lowest BCUT2D eigenvalue weighted by atomic mass is 9.64. The van der Waals surface area contributed by atoms with Crippen LogP contribution in [0, 0.1) is 5.41 Å². The first-order chi connectivity index (χ1) is 14.5. The van der Waals surface area contributed by atoms with E-state index < -0.39 is 16.1 Å². The van der Waals surface area contributed by atoms with Crippen LogP contribution in [0.3, 0.4) is 0 Å². The zero-order valence-electron chi connectivity index (χ0n) is 16.2. The summed E-state index contributed by atoms with van der Waals surface area (Å²) in [4.78, 5) is 27.3. The minimum absolute atomic E-state index is 0.0690. The lowest BCUT2D eigenvalue weighted by Gasteiger charge is -2.64. The molecule has 4 rings (SSSR count). The summed E-state index contributed by atoms with van der Waals surface area (Å²) in [6, 6.07) is 10.3. The van der Waals surface area contributed by atoms with Crippen LogP contribution in [0.5, 0.6) is 0 Å². The Morgan fingerprint density at radius 3 is 2.16 bits per heavy atom. The van der Waals surface area contributed by atoms with Gasteiger partial charge in [0, 0.05) is 46.7 Å². The first-order valence-corrected chi connectivity index (χ1v) is 11.7. The molecule has 1 unspecified atom stereocenters. The molecule has 2 amide bonds. The van der Waals surface area contributed by atoms with Gasteiger partial charge in [0.05, 0.1) is 4.90 Å². The number of carbonyl (C=O) groups excluding carboxylic acids is 1. The third kappa shape index (κ3) is 4.10. The molecule has 8 nitrogen and oxygen atoms in total. The van der Waals surface area contributed by atoms with E-state index in [0.717, 1.165) is 5.56 Å². The first-order valence-electron chi connectivity index (χ1n) is 9.35. The summed E-state index contributed by atoms with van der Waals surface area (Å²) in [6.45, 7) is 1.16. The third-order valence-corrected chi connectivity index (χ3v) is 7.26. The number of halogens is 2. The molecule has 0 radical (unpaired) electrons. The number of likely N-dealkylation sites (tertiary alicyclic amines) is 2. The average Bonchev–Trinajstić information content (AvgIpc) is 2.62. The molecule has 164 valence electrons. The molecule has 2 aliphatic heterocycles. The number of carboxylic acid groups (broad SMARTS) is 1. The molecule has 2 saturated heterocycles. The fraction of sp³-hybridized carbons (Fsp3) is 0.300. The Balaban J connectivity index is 1.48. The Hall–Kier alpha value is -2.33. The number of nitrogens with zero attached hydrogens (tertiary/aromatic N) is 2. The molecule has 1 atom stereocenters. The quantitative estimate of drug-likeness (QED) is 0.692. The van der Waals surface area contributed by atoms with Gasteiger partial charge in [0.1, 0.15) is 0 Å². The number of amides is 2. The van der Waals surface area contributed by atoms with Gasteiger partial charge < -0.3 is 14.9 Å². The minimum atomic E-state index is -3.83. The molecule has 2 aliphatic rings. The maximum Gasteiger partial charge on any atom is 0.407 e. The standard InChI is InChI=1S/C20H19Cl2N3O5S/c21-14-5-12(6-15(22)8-14)7-17-20(11-25(17)19(27)28)9-24(10-20)18(26)13-1-3-16(4-2-13)31(23,29)30/h1-6,8,17H,7,9-11H2,(H,27,28)(H2,23,29,30). The predicted octanol–water partition coefficient (Wildman–Crippen LogP) is 2.69. The zero-order chi connectivity index (χ0) is 22.6. The Bertz CT molecular complexity index is 1140. The molecule has 2 aromatic carbocycles. The summed E-state index contributed by atoms with van der Waals surface area (Å²) in [5.41, 5.74) is 0.842. The first kappa shape index (κ1) is 21.9. The minimum Gasteiger partial charge on any atom is -0.465 e. The number of hydrogen-bond donors (Lipinski definition) is 2. The number of rotatable bonds is 4. The van der Waals surface area contributed by atoms with E-state index >= 15 is 0 Å². The Morgan fingerprint density at radius 1 is 1.06 bits per heavy atom. The molecule has 0 saturated carbocycles. The number of hydrogen-bond acceptors (Lipinski definition) is 4. The summed E-state index contributed by atoms with van der Waals surface area (Å²) in [6.07, 6.45) is -0.565. The van der Waals surface area contributed by atoms with E-state index in [1.54, 1.807) is 23.1 Å². The Morgan fingerprint density at radius 2 is 1.65 bits per heavy atom. The molecular formula is C20H19Cl2N3O5S. The van der Waals surface area contributed by atoms with Crippen LogP contribution in [-0.4, -0.2) is 61.0 Å². The van der Waals surface area contributed by atoms with E-state index in [4.69, 9.17) is 28.3 Å². The van der Waals surface area contributed by atoms with Crippen LogP contribution in [0.15, 0.2) is 47.4 Å². The van der Waals surface area contributed by atoms with Gasteiger partial charge in [-0.1, -0.05) is 23.2 Å². The molecule has 2 fully saturated rings. The van der Waals surface area contributed by atoms with Crippen molar-refractivity contribution in [1.82, 2.24) is 9.80 Å². The zero-order valence-corrected chi connectivity index (χ0v) is 18.5. The summed E-state index contributed by atoms with van der Waals surface area (Å²) in [5.74, 6) is -0.245. The third-order valence-electron chi connectivity index (χ3n) is 5.89. The van der Waals surface area contributed by atoms with E-state index in [2.05, 4.69) is 0 Å². The van der Waals surface area contributed by atoms with Crippen LogP contribution in [-0.2, 0) is 16.4 Å². The molecule has 0 aliphatic carbocycles. The van der Waals surface area contributed by atoms with Crippen molar-refractivity contribution in [2.75, 3.05) is 19.6 Å². The Labute approximate surface area is 189 Å². The van der Waals surface area contributed by atoms with Crippen molar-refractivity contribution in [2.45, 2.75) is 17.4 Å². The molecule has 2 aromatic rings. The summed E-state index contributed by atoms with van der Waals surface area (Å²) >= 11 is 12.1. The molecule has 1 spiro atoms. The molecule has 0 bridgehead atoms. The second-order valence-corrected chi connectivity index (χ2v) is 10.4. The van der Waals surface area contributed by atoms with Crippen LogP contribution >= 0.6 is 23.2 Å². The van der Waals surface area contributed by atoms with Crippen molar-refractivity contribution >= 4 is 45.2 Å². The number of nitrogens with two attached hydrogens (primary N) is 1. The van der Waals surface area contributed by atoms with E-state index in [0.29, 0.717) is 41.7 Å². The van der Waals surface area contributed by atoms with Gasteiger partial charge in [0.2, 0.25) is 10.0 Å². The maximum atomic E-state index is 12.8. The number of benzene rings is 2. The molecule has 31 heavy (non-hydrogen) atoms. The van der Waals surface area contributed by atoms with Crippen LogP contribution < -0.4 is 5.14 Å². The van der Waals surface area contributed by atoms with Crippen molar-refractivity contribution in [2.24, 2.45) is 10.6 Å². The Kier molecular flexibility index (Phi) is 5.41. The highest BCUT2D eigenvalue weighted by Crippen LogP contribution is 2.47. The second-order valence-electron chi connectivity index (χ2n) is 8.00. The summed E-state index contributed by atoms with van der Waals surface area (Å²) in [5, 5.41) is 15.6. The summed E-state index contributed by atoms with van der Waals surface area (Å²) < 4.78 is 22.7. The number of sulfonamides is 1. The van der Waals surface area contributed by atoms with E-state index in [-0.39, 0.29) is 22.3 Å². The van der Waals surface area contributed by atoms with Gasteiger partial charge in [-0.05, 0) is 54.4 Å². The van der Waals surface area contributed by atoms with Gasteiger partial charge in [0.15, 0.2) is 0 Å². The fourth-order valence-corrected chi connectivity index (χ4v) is 5.48. The topological polar surface area (TPSA) is 121 Å². The van der Waals surface area contributed by atoms with Gasteiger partial charge in [-0.3, -0.25) is 4.79 Å². The number of primary sulfonamides is 1. The molecular weight excluding hydrogens is 465 g/mol. The highest BCUT2D eigenvalue weighted by atomic mass is 35.5. The van der Waals surface area contributed by atoms with Crippen molar-refractivity contribution in [3.05, 3.63) is 63.6 Å². The highest BCUT2D eigenvalue weighted by Gasteiger charge is 2.61. The van der Waals surface area contributed by atoms with Crippen molar-refractivity contribution in [1.29, 1.82) is 0 Å². The molecule has 0 aromatic heterocycles. The lowest BCUT2D eigenvalue weighted by Crippen LogP contribution is -2.79. The normalized spacial score (nSPS) is 19.6. The van der Waals surface area contributed by atoms with Crippen molar-refractivity contribution in [3.8, 4) is 0 Å². The van der Waals surface area contributed by atoms with E-state index in [1.807, 2.05) is 0 Å². The molecule has 11 heteroatoms. The van der Waals surface area contributed by atoms with Crippen LogP contribution in [0.1, 0.15) is 15.9 Å². The second kappa shape index (κ2) is 7.67. The SMILES string of the molecule is NS(=O)(=O)c1ccc(C(=O)N2CC3(C2)CN(C(=O)O)C3Cc2cc(Cl)cc(Cl)c2)cc1. The van der Waals surface area contributed by atoms with Crippen LogP contribution in [0.2, 0.25) is 10.0 Å². The van der Waals surface area contributed by atoms with Gasteiger partial charge in [-0.25, -0.2) is 18.4 Å². The summed E-state index contributed by atoms with van der Waals surface area (Å²) in [7, 11) is -3.83. The smallest absolute Gasteiger partial charge is 0.407 e. The largest absolute Gasteiger partial charge is 0.465 e. The fourth-order valence-electron chi connectivity index (χ4n) is 4.39. The molecule has 2 heterocycles. The van der Waals surface area contributed by atoms with Gasteiger partial charge >= 0.3 is 6.09 Å². The van der Waals surface area contributed by atoms with Gasteiger partial charge in [0.25, 0.3) is 5.91 Å². The van der Waals surface area contributed by atoms with Gasteiger partial charge in [-0.2, -0.15) is 0 Å². The van der Waals surface area contributed by atoms with Gasteiger partial charge in [-0.15, -0.1) is 0 Å². The lowest BCUT2D eigenvalue weighted by molar-refractivity contribution is -0.134. The predicted molar refractivity (Wildman–Crippen MR) is 115 cm³/mol. The van der Waals surface area contributed by atoms with Crippen molar-refractivity contribution in [3.63, 3.8) is 0 Å². The average molecular weight is 484 g/mol. The monoisotopic (exact) mass is 483 g/mol. The maximum absolute atomic E-state index is 12.8. The van der Waals surface area contributed by atoms with E-state index in [9.17, 15) is 23.1 Å². The molecule has 3 N–H and O–H groups in total. The van der Waals surface area contributed by atoms with E-state index in [1.165, 1.54) is 29.2 Å².